The van der Waals surface area contributed by atoms with E-state index in [2.05, 4.69) is 21.1 Å². The van der Waals surface area contributed by atoms with Crippen molar-refractivity contribution in [2.45, 2.75) is 11.1 Å². The lowest BCUT2D eigenvalue weighted by molar-refractivity contribution is -0.139. The first-order valence-corrected chi connectivity index (χ1v) is 5.86. The van der Waals surface area contributed by atoms with Gasteiger partial charge in [-0.25, -0.2) is 13.6 Å². The largest absolute Gasteiger partial charge is 0.417 e. The molecule has 0 spiro atoms. The quantitative estimate of drug-likeness (QED) is 0.864. The van der Waals surface area contributed by atoms with Gasteiger partial charge < -0.3 is 0 Å². The molecule has 0 aliphatic carbocycles. The predicted molar refractivity (Wildman–Crippen MR) is 50.5 cm³/mol. The molecule has 0 unspecified atom stereocenters. The van der Waals surface area contributed by atoms with E-state index in [1.54, 1.807) is 0 Å². The first-order chi connectivity index (χ1) is 6.62. The van der Waals surface area contributed by atoms with E-state index in [-0.39, 0.29) is 4.47 Å². The molecule has 0 fully saturated rings. The molecule has 1 aromatic carbocycles. The second-order valence-electron chi connectivity index (χ2n) is 2.68. The standard InChI is InChI=1S/C7H5BrF3NO2S/c8-4-1-2-6(15(12,13)14)5(3-4)7(9,10)11/h1-3H,(H2,12,13,14). The average molecular weight is 304 g/mol. The van der Waals surface area contributed by atoms with E-state index < -0.39 is 26.7 Å². The van der Waals surface area contributed by atoms with Gasteiger partial charge in [-0.1, -0.05) is 15.9 Å². The Morgan fingerprint density at radius 2 is 1.80 bits per heavy atom. The Labute approximate surface area is 92.3 Å². The molecule has 1 rings (SSSR count). The molecular formula is C7H5BrF3NO2S. The van der Waals surface area contributed by atoms with Gasteiger partial charge in [-0.05, 0) is 18.2 Å². The predicted octanol–water partition coefficient (Wildman–Crippen LogP) is 2.12. The Morgan fingerprint density at radius 3 is 2.20 bits per heavy atom. The number of hydrogen-bond donors (Lipinski definition) is 1. The zero-order valence-corrected chi connectivity index (χ0v) is 9.45. The van der Waals surface area contributed by atoms with Crippen molar-refractivity contribution in [1.82, 2.24) is 0 Å². The Balaban J connectivity index is 3.55. The molecule has 0 heterocycles. The first kappa shape index (κ1) is 12.5. The Hall–Kier alpha value is -0.600. The van der Waals surface area contributed by atoms with Crippen molar-refractivity contribution in [3.63, 3.8) is 0 Å². The molecule has 84 valence electrons. The molecule has 8 heteroatoms. The van der Waals surface area contributed by atoms with Gasteiger partial charge >= 0.3 is 6.18 Å². The molecule has 0 atom stereocenters. The third kappa shape index (κ3) is 2.93. The van der Waals surface area contributed by atoms with Crippen LogP contribution < -0.4 is 5.14 Å². The number of alkyl halides is 3. The van der Waals surface area contributed by atoms with Crippen molar-refractivity contribution < 1.29 is 21.6 Å². The highest BCUT2D eigenvalue weighted by Crippen LogP contribution is 2.35. The van der Waals surface area contributed by atoms with Crippen LogP contribution in [-0.4, -0.2) is 8.42 Å². The highest BCUT2D eigenvalue weighted by Gasteiger charge is 2.36. The number of primary sulfonamides is 1. The lowest BCUT2D eigenvalue weighted by Crippen LogP contribution is -2.18. The summed E-state index contributed by atoms with van der Waals surface area (Å²) in [6.45, 7) is 0. The summed E-state index contributed by atoms with van der Waals surface area (Å²) in [5.74, 6) is 0. The number of rotatable bonds is 1. The van der Waals surface area contributed by atoms with Crippen LogP contribution in [0.25, 0.3) is 0 Å². The molecule has 0 saturated carbocycles. The van der Waals surface area contributed by atoms with Crippen molar-refractivity contribution in [3.8, 4) is 0 Å². The van der Waals surface area contributed by atoms with Gasteiger partial charge in [-0.15, -0.1) is 0 Å². The van der Waals surface area contributed by atoms with Gasteiger partial charge in [0.2, 0.25) is 10.0 Å². The minimum atomic E-state index is -4.76. The molecule has 2 N–H and O–H groups in total. The van der Waals surface area contributed by atoms with Gasteiger partial charge in [0.25, 0.3) is 0 Å². The molecule has 0 aliphatic rings. The van der Waals surface area contributed by atoms with E-state index in [1.165, 1.54) is 6.07 Å². The summed E-state index contributed by atoms with van der Waals surface area (Å²) in [5, 5.41) is 4.66. The van der Waals surface area contributed by atoms with Crippen molar-refractivity contribution in [2.75, 3.05) is 0 Å². The fourth-order valence-electron chi connectivity index (χ4n) is 0.972. The Morgan fingerprint density at radius 1 is 1.27 bits per heavy atom. The summed E-state index contributed by atoms with van der Waals surface area (Å²) >= 11 is 2.82. The maximum atomic E-state index is 12.4. The van der Waals surface area contributed by atoms with Gasteiger partial charge in [0.15, 0.2) is 0 Å². The third-order valence-corrected chi connectivity index (χ3v) is 3.02. The van der Waals surface area contributed by atoms with Gasteiger partial charge in [0.1, 0.15) is 0 Å². The Kier molecular flexibility index (Phi) is 3.13. The number of hydrogen-bond acceptors (Lipinski definition) is 2. The lowest BCUT2D eigenvalue weighted by atomic mass is 10.2. The van der Waals surface area contributed by atoms with Gasteiger partial charge in [-0.3, -0.25) is 0 Å². The number of benzene rings is 1. The smallest absolute Gasteiger partial charge is 0.225 e. The summed E-state index contributed by atoms with van der Waals surface area (Å²) in [4.78, 5) is -0.932. The summed E-state index contributed by atoms with van der Waals surface area (Å²) in [6.07, 6.45) is -4.76. The van der Waals surface area contributed by atoms with Crippen LogP contribution >= 0.6 is 15.9 Å². The highest BCUT2D eigenvalue weighted by molar-refractivity contribution is 9.10. The van der Waals surface area contributed by atoms with E-state index in [1.807, 2.05) is 0 Å². The van der Waals surface area contributed by atoms with Crippen molar-refractivity contribution in [1.29, 1.82) is 0 Å². The maximum absolute atomic E-state index is 12.4. The van der Waals surface area contributed by atoms with E-state index in [9.17, 15) is 21.6 Å². The number of sulfonamides is 1. The van der Waals surface area contributed by atoms with Crippen LogP contribution in [0, 0.1) is 0 Å². The number of halogens is 4. The van der Waals surface area contributed by atoms with Crippen LogP contribution in [-0.2, 0) is 16.2 Å². The summed E-state index contributed by atoms with van der Waals surface area (Å²) in [6, 6.07) is 2.65. The molecule has 0 bridgehead atoms. The lowest BCUT2D eigenvalue weighted by Gasteiger charge is -2.11. The topological polar surface area (TPSA) is 60.2 Å². The van der Waals surface area contributed by atoms with E-state index in [0.717, 1.165) is 6.07 Å². The third-order valence-electron chi connectivity index (χ3n) is 1.55. The minimum absolute atomic E-state index is 0.127. The summed E-state index contributed by atoms with van der Waals surface area (Å²) < 4.78 is 59.1. The second kappa shape index (κ2) is 3.76. The van der Waals surface area contributed by atoms with Crippen LogP contribution in [0.15, 0.2) is 27.6 Å². The van der Waals surface area contributed by atoms with E-state index >= 15 is 0 Å². The fraction of sp³-hybridized carbons (Fsp3) is 0.143. The van der Waals surface area contributed by atoms with Crippen molar-refractivity contribution in [2.24, 2.45) is 5.14 Å². The van der Waals surface area contributed by atoms with Crippen LogP contribution in [0.2, 0.25) is 0 Å². The van der Waals surface area contributed by atoms with Gasteiger partial charge in [0, 0.05) is 4.47 Å². The van der Waals surface area contributed by atoms with Crippen molar-refractivity contribution >= 4 is 26.0 Å². The van der Waals surface area contributed by atoms with Gasteiger partial charge in [-0.2, -0.15) is 13.2 Å². The normalized spacial score (nSPS) is 12.9. The van der Waals surface area contributed by atoms with Gasteiger partial charge in [0.05, 0.1) is 10.5 Å². The maximum Gasteiger partial charge on any atom is 0.417 e. The zero-order valence-electron chi connectivity index (χ0n) is 7.05. The first-order valence-electron chi connectivity index (χ1n) is 3.52. The fourth-order valence-corrected chi connectivity index (χ4v) is 2.07. The molecule has 3 nitrogen and oxygen atoms in total. The van der Waals surface area contributed by atoms with Crippen LogP contribution in [0.4, 0.5) is 13.2 Å². The molecule has 0 radical (unpaired) electrons. The van der Waals surface area contributed by atoms with E-state index in [4.69, 9.17) is 0 Å². The summed E-state index contributed by atoms with van der Waals surface area (Å²) in [7, 11) is -4.37. The monoisotopic (exact) mass is 303 g/mol. The van der Waals surface area contributed by atoms with Crippen LogP contribution in [0.3, 0.4) is 0 Å². The molecule has 1 aromatic rings. The highest BCUT2D eigenvalue weighted by atomic mass is 79.9. The minimum Gasteiger partial charge on any atom is -0.225 e. The molecule has 0 aliphatic heterocycles. The summed E-state index contributed by atoms with van der Waals surface area (Å²) in [5.41, 5.74) is -1.28. The van der Waals surface area contributed by atoms with Crippen molar-refractivity contribution in [3.05, 3.63) is 28.2 Å². The molecule has 15 heavy (non-hydrogen) atoms. The van der Waals surface area contributed by atoms with E-state index in [0.29, 0.717) is 6.07 Å². The Bertz CT molecular complexity index is 483. The molecule has 0 saturated heterocycles. The molecule has 0 aromatic heterocycles. The SMILES string of the molecule is NS(=O)(=O)c1ccc(Br)cc1C(F)(F)F. The van der Waals surface area contributed by atoms with Crippen LogP contribution in [0.5, 0.6) is 0 Å². The second-order valence-corrected chi connectivity index (χ2v) is 5.13. The zero-order chi connectivity index (χ0) is 11.9. The number of nitrogens with two attached hydrogens (primary N) is 1. The molecular weight excluding hydrogens is 299 g/mol. The molecule has 0 amide bonds. The van der Waals surface area contributed by atoms with Crippen LogP contribution in [0.1, 0.15) is 5.56 Å². The average Bonchev–Trinajstić information content (AvgIpc) is 2.00.